The number of carbonyl (C=O) groups excluding carboxylic acids is 1. The van der Waals surface area contributed by atoms with E-state index in [1.165, 1.54) is 0 Å². The second-order valence-electron chi connectivity index (χ2n) is 3.51. The van der Waals surface area contributed by atoms with Crippen LogP contribution in [0, 0.1) is 6.92 Å². The Hall–Kier alpha value is -0.540. The summed E-state index contributed by atoms with van der Waals surface area (Å²) in [5.41, 5.74) is 1.70. The maximum absolute atomic E-state index is 11.8. The van der Waals surface area contributed by atoms with E-state index in [1.54, 1.807) is 0 Å². The normalized spacial score (nSPS) is 12.3. The summed E-state index contributed by atoms with van der Waals surface area (Å²) in [6.07, 6.45) is 0. The molecule has 0 saturated heterocycles. The van der Waals surface area contributed by atoms with Crippen molar-refractivity contribution in [1.29, 1.82) is 0 Å². The van der Waals surface area contributed by atoms with Gasteiger partial charge >= 0.3 is 0 Å². The minimum atomic E-state index is -0.0984. The van der Waals surface area contributed by atoms with Gasteiger partial charge in [-0.15, -0.1) is 11.6 Å². The Morgan fingerprint density at radius 2 is 2.27 bits per heavy atom. The van der Waals surface area contributed by atoms with Crippen molar-refractivity contribution in [3.05, 3.63) is 33.8 Å². The number of aryl methyl sites for hydroxylation is 1. The molecular formula is C11H13BrClNO. The van der Waals surface area contributed by atoms with Crippen LogP contribution in [-0.2, 0) is 0 Å². The Labute approximate surface area is 103 Å². The van der Waals surface area contributed by atoms with Gasteiger partial charge < -0.3 is 5.32 Å². The summed E-state index contributed by atoms with van der Waals surface area (Å²) < 4.78 is 0.798. The molecule has 1 rings (SSSR count). The molecule has 2 nitrogen and oxygen atoms in total. The molecule has 0 aliphatic rings. The lowest BCUT2D eigenvalue weighted by atomic mass is 10.1. The van der Waals surface area contributed by atoms with Crippen molar-refractivity contribution < 1.29 is 4.79 Å². The second kappa shape index (κ2) is 5.52. The molecular weight excluding hydrogens is 277 g/mol. The van der Waals surface area contributed by atoms with Crippen molar-refractivity contribution in [3.8, 4) is 0 Å². The maximum Gasteiger partial charge on any atom is 0.252 e. The molecule has 0 saturated carbocycles. The second-order valence-corrected chi connectivity index (χ2v) is 4.68. The van der Waals surface area contributed by atoms with Crippen LogP contribution in [0.1, 0.15) is 22.8 Å². The average Bonchev–Trinajstić information content (AvgIpc) is 2.21. The summed E-state index contributed by atoms with van der Waals surface area (Å²) in [5, 5.41) is 2.81. The molecule has 0 aliphatic carbocycles. The molecule has 0 spiro atoms. The lowest BCUT2D eigenvalue weighted by molar-refractivity contribution is 0.0942. The smallest absolute Gasteiger partial charge is 0.252 e. The van der Waals surface area contributed by atoms with E-state index in [4.69, 9.17) is 11.6 Å². The zero-order valence-corrected chi connectivity index (χ0v) is 11.0. The van der Waals surface area contributed by atoms with E-state index < -0.39 is 0 Å². The fourth-order valence-corrected chi connectivity index (χ4v) is 1.66. The van der Waals surface area contributed by atoms with Crippen molar-refractivity contribution >= 4 is 33.4 Å². The standard InChI is InChI=1S/C11H13BrClNO/c1-7-3-4-10(12)9(5-7)11(15)14-8(2)6-13/h3-5,8H,6H2,1-2H3,(H,14,15). The van der Waals surface area contributed by atoms with E-state index in [1.807, 2.05) is 32.0 Å². The molecule has 1 unspecified atom stereocenters. The molecule has 15 heavy (non-hydrogen) atoms. The van der Waals surface area contributed by atoms with E-state index >= 15 is 0 Å². The molecule has 0 aliphatic heterocycles. The van der Waals surface area contributed by atoms with Gasteiger partial charge in [0.05, 0.1) is 5.56 Å². The zero-order chi connectivity index (χ0) is 11.4. The Bertz CT molecular complexity index is 368. The first-order valence-electron chi connectivity index (χ1n) is 4.67. The molecule has 4 heteroatoms. The van der Waals surface area contributed by atoms with Gasteiger partial charge in [0.15, 0.2) is 0 Å². The molecule has 0 fully saturated rings. The Balaban J connectivity index is 2.86. The SMILES string of the molecule is Cc1ccc(Br)c(C(=O)NC(C)CCl)c1. The van der Waals surface area contributed by atoms with Crippen LogP contribution in [0.4, 0.5) is 0 Å². The van der Waals surface area contributed by atoms with Crippen molar-refractivity contribution in [2.45, 2.75) is 19.9 Å². The number of hydrogen-bond acceptors (Lipinski definition) is 1. The Kier molecular flexibility index (Phi) is 4.61. The lowest BCUT2D eigenvalue weighted by Gasteiger charge is -2.11. The number of nitrogens with one attached hydrogen (secondary N) is 1. The monoisotopic (exact) mass is 289 g/mol. The summed E-state index contributed by atoms with van der Waals surface area (Å²) in [7, 11) is 0. The van der Waals surface area contributed by atoms with Gasteiger partial charge in [-0.1, -0.05) is 11.6 Å². The number of alkyl halides is 1. The van der Waals surface area contributed by atoms with E-state index in [2.05, 4.69) is 21.2 Å². The minimum Gasteiger partial charge on any atom is -0.348 e. The molecule has 1 aromatic rings. The van der Waals surface area contributed by atoms with E-state index in [-0.39, 0.29) is 11.9 Å². The highest BCUT2D eigenvalue weighted by molar-refractivity contribution is 9.10. The third-order valence-corrected chi connectivity index (χ3v) is 3.13. The molecule has 1 atom stereocenters. The minimum absolute atomic E-state index is 0.0217. The number of carbonyl (C=O) groups is 1. The summed E-state index contributed by atoms with van der Waals surface area (Å²) in [5.74, 6) is 0.313. The van der Waals surface area contributed by atoms with E-state index in [0.717, 1.165) is 10.0 Å². The van der Waals surface area contributed by atoms with Gasteiger partial charge in [-0.25, -0.2) is 0 Å². The number of amides is 1. The van der Waals surface area contributed by atoms with Crippen LogP contribution >= 0.6 is 27.5 Å². The van der Waals surface area contributed by atoms with Gasteiger partial charge in [0.2, 0.25) is 0 Å². The molecule has 0 radical (unpaired) electrons. The number of hydrogen-bond donors (Lipinski definition) is 1. The number of halogens is 2. The first-order chi connectivity index (χ1) is 7.04. The van der Waals surface area contributed by atoms with Crippen LogP contribution in [0.15, 0.2) is 22.7 Å². The predicted octanol–water partition coefficient (Wildman–Crippen LogP) is 3.11. The van der Waals surface area contributed by atoms with Gasteiger partial charge in [0.25, 0.3) is 5.91 Å². The molecule has 1 amide bonds. The number of benzene rings is 1. The van der Waals surface area contributed by atoms with Crippen LogP contribution in [0.3, 0.4) is 0 Å². The largest absolute Gasteiger partial charge is 0.348 e. The maximum atomic E-state index is 11.8. The highest BCUT2D eigenvalue weighted by atomic mass is 79.9. The zero-order valence-electron chi connectivity index (χ0n) is 8.68. The highest BCUT2D eigenvalue weighted by Crippen LogP contribution is 2.18. The van der Waals surface area contributed by atoms with Crippen LogP contribution in [0.5, 0.6) is 0 Å². The van der Waals surface area contributed by atoms with Crippen molar-refractivity contribution in [3.63, 3.8) is 0 Å². The fraction of sp³-hybridized carbons (Fsp3) is 0.364. The van der Waals surface area contributed by atoms with Gasteiger partial charge in [0, 0.05) is 16.4 Å². The van der Waals surface area contributed by atoms with Gasteiger partial charge in [-0.3, -0.25) is 4.79 Å². The molecule has 0 heterocycles. The van der Waals surface area contributed by atoms with Crippen molar-refractivity contribution in [2.75, 3.05) is 5.88 Å². The molecule has 82 valence electrons. The topological polar surface area (TPSA) is 29.1 Å². The average molecular weight is 291 g/mol. The summed E-state index contributed by atoms with van der Waals surface area (Å²) >= 11 is 8.98. The summed E-state index contributed by atoms with van der Waals surface area (Å²) in [6, 6.07) is 5.65. The first-order valence-corrected chi connectivity index (χ1v) is 6.00. The Morgan fingerprint density at radius 3 is 2.87 bits per heavy atom. The summed E-state index contributed by atoms with van der Waals surface area (Å²) in [6.45, 7) is 3.82. The highest BCUT2D eigenvalue weighted by Gasteiger charge is 2.12. The van der Waals surface area contributed by atoms with Gasteiger partial charge in [-0.05, 0) is 41.9 Å². The van der Waals surface area contributed by atoms with Crippen LogP contribution in [0.2, 0.25) is 0 Å². The van der Waals surface area contributed by atoms with Crippen LogP contribution in [0.25, 0.3) is 0 Å². The van der Waals surface area contributed by atoms with E-state index in [9.17, 15) is 4.79 Å². The molecule has 0 aromatic heterocycles. The molecule has 0 bridgehead atoms. The number of rotatable bonds is 3. The van der Waals surface area contributed by atoms with Crippen molar-refractivity contribution in [1.82, 2.24) is 5.32 Å². The van der Waals surface area contributed by atoms with Crippen molar-refractivity contribution in [2.24, 2.45) is 0 Å². The van der Waals surface area contributed by atoms with Gasteiger partial charge in [0.1, 0.15) is 0 Å². The Morgan fingerprint density at radius 1 is 1.60 bits per heavy atom. The molecule has 1 aromatic carbocycles. The third-order valence-electron chi connectivity index (χ3n) is 1.98. The quantitative estimate of drug-likeness (QED) is 0.852. The van der Waals surface area contributed by atoms with Gasteiger partial charge in [-0.2, -0.15) is 0 Å². The summed E-state index contributed by atoms with van der Waals surface area (Å²) in [4.78, 5) is 11.8. The third kappa shape index (κ3) is 3.50. The fourth-order valence-electron chi connectivity index (χ4n) is 1.15. The van der Waals surface area contributed by atoms with E-state index in [0.29, 0.717) is 11.4 Å². The lowest BCUT2D eigenvalue weighted by Crippen LogP contribution is -2.33. The predicted molar refractivity (Wildman–Crippen MR) is 66.5 cm³/mol. The molecule has 1 N–H and O–H groups in total. The van der Waals surface area contributed by atoms with Crippen LogP contribution < -0.4 is 5.32 Å². The van der Waals surface area contributed by atoms with Crippen LogP contribution in [-0.4, -0.2) is 17.8 Å². The first kappa shape index (κ1) is 12.5.